The minimum atomic E-state index is -0.493. The summed E-state index contributed by atoms with van der Waals surface area (Å²) < 4.78 is 16.4. The van der Waals surface area contributed by atoms with Gasteiger partial charge in [-0.25, -0.2) is 4.79 Å². The van der Waals surface area contributed by atoms with Gasteiger partial charge < -0.3 is 14.2 Å². The van der Waals surface area contributed by atoms with Gasteiger partial charge in [-0.3, -0.25) is 0 Å². The molecule has 4 nitrogen and oxygen atoms in total. The van der Waals surface area contributed by atoms with Crippen LogP contribution in [-0.4, -0.2) is 20.2 Å². The van der Waals surface area contributed by atoms with Crippen LogP contribution in [0.1, 0.15) is 11.1 Å². The van der Waals surface area contributed by atoms with Crippen molar-refractivity contribution in [1.29, 1.82) is 0 Å². The molecule has 0 radical (unpaired) electrons. The summed E-state index contributed by atoms with van der Waals surface area (Å²) in [6.07, 6.45) is 0. The lowest BCUT2D eigenvalue weighted by atomic mass is 10.0. The topological polar surface area (TPSA) is 44.8 Å². The minimum absolute atomic E-state index is 0.242. The van der Waals surface area contributed by atoms with E-state index in [1.54, 1.807) is 0 Å². The highest BCUT2D eigenvalue weighted by molar-refractivity contribution is 9.12. The first-order valence-corrected chi connectivity index (χ1v) is 9.15. The number of para-hydroxylation sites is 1. The molecule has 0 fully saturated rings. The first-order valence-electron chi connectivity index (χ1n) is 8.36. The maximum atomic E-state index is 11.9. The third-order valence-corrected chi connectivity index (χ3v) is 4.79. The van der Waals surface area contributed by atoms with Crippen LogP contribution < -0.4 is 4.74 Å². The smallest absolute Gasteiger partial charge is 0.348 e. The van der Waals surface area contributed by atoms with E-state index in [4.69, 9.17) is 14.2 Å². The van der Waals surface area contributed by atoms with Gasteiger partial charge in [-0.15, -0.1) is 0 Å². The van der Waals surface area contributed by atoms with Crippen molar-refractivity contribution in [2.24, 2.45) is 0 Å². The molecular weight excluding hydrogens is 408 g/mol. The second kappa shape index (κ2) is 8.73. The Morgan fingerprint density at radius 1 is 0.926 bits per heavy atom. The average molecular weight is 427 g/mol. The van der Waals surface area contributed by atoms with Gasteiger partial charge in [0.2, 0.25) is 0 Å². The third kappa shape index (κ3) is 4.31. The Kier molecular flexibility index (Phi) is 6.14. The molecule has 0 bridgehead atoms. The third-order valence-electron chi connectivity index (χ3n) is 4.11. The summed E-state index contributed by atoms with van der Waals surface area (Å²) in [7, 11) is 2.86. The van der Waals surface area contributed by atoms with Crippen molar-refractivity contribution in [2.75, 3.05) is 14.2 Å². The van der Waals surface area contributed by atoms with Crippen LogP contribution >= 0.6 is 15.9 Å². The summed E-state index contributed by atoms with van der Waals surface area (Å²) in [4.78, 5) is 11.9. The number of carbonyl (C=O) groups is 1. The summed E-state index contributed by atoms with van der Waals surface area (Å²) in [5.41, 5.74) is 1.82. The molecule has 0 saturated heterocycles. The molecule has 0 spiro atoms. The van der Waals surface area contributed by atoms with Gasteiger partial charge in [0.1, 0.15) is 22.6 Å². The Morgan fingerprint density at radius 3 is 2.41 bits per heavy atom. The van der Waals surface area contributed by atoms with Crippen molar-refractivity contribution >= 4 is 38.4 Å². The number of carbonyl (C=O) groups excluding carboxylic acids is 1. The zero-order chi connectivity index (χ0) is 19.2. The molecule has 0 heterocycles. The van der Waals surface area contributed by atoms with Crippen molar-refractivity contribution in [3.05, 3.63) is 82.3 Å². The van der Waals surface area contributed by atoms with Crippen molar-refractivity contribution < 1.29 is 19.0 Å². The van der Waals surface area contributed by atoms with Crippen molar-refractivity contribution in [3.8, 4) is 5.75 Å². The standard InChI is InChI=1S/C22H19BrO4/c1-25-21(20(23)22(24)26-2)18-10-6-7-16-12-11-15(13-19(16)18)14-27-17-8-4-3-5-9-17/h3-13H,14H2,1-2H3. The van der Waals surface area contributed by atoms with E-state index >= 15 is 0 Å². The first-order chi connectivity index (χ1) is 13.1. The van der Waals surface area contributed by atoms with Crippen LogP contribution in [0.4, 0.5) is 0 Å². The Morgan fingerprint density at radius 2 is 1.70 bits per heavy atom. The fourth-order valence-electron chi connectivity index (χ4n) is 2.79. The molecule has 3 aromatic carbocycles. The summed E-state index contributed by atoms with van der Waals surface area (Å²) in [5, 5.41) is 2.00. The summed E-state index contributed by atoms with van der Waals surface area (Å²) in [6.45, 7) is 0.443. The molecule has 0 N–H and O–H groups in total. The quantitative estimate of drug-likeness (QED) is 0.304. The van der Waals surface area contributed by atoms with Crippen LogP contribution in [0.5, 0.6) is 5.75 Å². The summed E-state index contributed by atoms with van der Waals surface area (Å²) in [5.74, 6) is 0.748. The van der Waals surface area contributed by atoms with E-state index < -0.39 is 5.97 Å². The molecule has 3 aromatic rings. The molecule has 0 aliphatic carbocycles. The molecule has 27 heavy (non-hydrogen) atoms. The number of ether oxygens (including phenoxy) is 3. The molecule has 5 heteroatoms. The Labute approximate surface area is 166 Å². The predicted molar refractivity (Wildman–Crippen MR) is 110 cm³/mol. The highest BCUT2D eigenvalue weighted by Crippen LogP contribution is 2.31. The van der Waals surface area contributed by atoms with E-state index in [-0.39, 0.29) is 4.48 Å². The van der Waals surface area contributed by atoms with E-state index in [1.807, 2.05) is 66.7 Å². The number of benzene rings is 3. The maximum absolute atomic E-state index is 11.9. The van der Waals surface area contributed by atoms with Gasteiger partial charge in [-0.1, -0.05) is 48.5 Å². The summed E-state index contributed by atoms with van der Waals surface area (Å²) in [6, 6.07) is 21.6. The number of hydrogen-bond acceptors (Lipinski definition) is 4. The van der Waals surface area contributed by atoms with Gasteiger partial charge in [-0.2, -0.15) is 0 Å². The number of hydrogen-bond donors (Lipinski definition) is 0. The molecule has 0 aliphatic rings. The molecule has 0 atom stereocenters. The number of fused-ring (bicyclic) bond motifs is 1. The SMILES string of the molecule is COC(=O)C(Br)=C(OC)c1cccc2ccc(COc3ccccc3)cc12. The van der Waals surface area contributed by atoms with Gasteiger partial charge >= 0.3 is 5.97 Å². The largest absolute Gasteiger partial charge is 0.495 e. The molecule has 0 unspecified atom stereocenters. The van der Waals surface area contributed by atoms with Crippen LogP contribution in [-0.2, 0) is 20.9 Å². The van der Waals surface area contributed by atoms with E-state index in [2.05, 4.69) is 15.9 Å². The van der Waals surface area contributed by atoms with E-state index in [9.17, 15) is 4.79 Å². The molecule has 0 aliphatic heterocycles. The zero-order valence-corrected chi connectivity index (χ0v) is 16.7. The second-order valence-corrected chi connectivity index (χ2v) is 6.59. The fraction of sp³-hybridized carbons (Fsp3) is 0.136. The van der Waals surface area contributed by atoms with Gasteiger partial charge in [0.15, 0.2) is 0 Å². The normalized spacial score (nSPS) is 11.7. The van der Waals surface area contributed by atoms with Crippen molar-refractivity contribution in [1.82, 2.24) is 0 Å². The van der Waals surface area contributed by atoms with E-state index in [1.165, 1.54) is 14.2 Å². The number of methoxy groups -OCH3 is 2. The molecular formula is C22H19BrO4. The Bertz CT molecular complexity index is 980. The zero-order valence-electron chi connectivity index (χ0n) is 15.1. The molecule has 0 saturated carbocycles. The number of halogens is 1. The van der Waals surface area contributed by atoms with Crippen LogP contribution in [0.2, 0.25) is 0 Å². The Hall–Kier alpha value is -2.79. The van der Waals surface area contributed by atoms with Crippen LogP contribution in [0, 0.1) is 0 Å². The summed E-state index contributed by atoms with van der Waals surface area (Å²) >= 11 is 3.29. The molecule has 3 rings (SSSR count). The fourth-order valence-corrected chi connectivity index (χ4v) is 3.33. The highest BCUT2D eigenvalue weighted by atomic mass is 79.9. The predicted octanol–water partition coefficient (Wildman–Crippen LogP) is 5.30. The van der Waals surface area contributed by atoms with Gasteiger partial charge in [0.05, 0.1) is 14.2 Å². The Balaban J connectivity index is 2.00. The lowest BCUT2D eigenvalue weighted by molar-refractivity contribution is -0.135. The molecule has 138 valence electrons. The number of esters is 1. The monoisotopic (exact) mass is 426 g/mol. The highest BCUT2D eigenvalue weighted by Gasteiger charge is 2.18. The van der Waals surface area contributed by atoms with Crippen LogP contribution in [0.3, 0.4) is 0 Å². The van der Waals surface area contributed by atoms with Crippen molar-refractivity contribution in [2.45, 2.75) is 6.61 Å². The van der Waals surface area contributed by atoms with Gasteiger partial charge in [0, 0.05) is 5.56 Å². The second-order valence-electron chi connectivity index (χ2n) is 5.80. The molecule has 0 aromatic heterocycles. The van der Waals surface area contributed by atoms with Crippen LogP contribution in [0.15, 0.2) is 71.2 Å². The van der Waals surface area contributed by atoms with Crippen LogP contribution in [0.25, 0.3) is 16.5 Å². The number of rotatable bonds is 6. The first kappa shape index (κ1) is 19.0. The maximum Gasteiger partial charge on any atom is 0.348 e. The average Bonchev–Trinajstić information content (AvgIpc) is 2.73. The van der Waals surface area contributed by atoms with E-state index in [0.29, 0.717) is 12.4 Å². The minimum Gasteiger partial charge on any atom is -0.495 e. The lowest BCUT2D eigenvalue weighted by Crippen LogP contribution is -2.04. The lowest BCUT2D eigenvalue weighted by Gasteiger charge is -2.13. The molecule has 0 amide bonds. The van der Waals surface area contributed by atoms with Gasteiger partial charge in [0.25, 0.3) is 0 Å². The van der Waals surface area contributed by atoms with Gasteiger partial charge in [-0.05, 0) is 50.5 Å². The van der Waals surface area contributed by atoms with E-state index in [0.717, 1.165) is 27.6 Å². The van der Waals surface area contributed by atoms with Crippen molar-refractivity contribution in [3.63, 3.8) is 0 Å².